The fourth-order valence-corrected chi connectivity index (χ4v) is 3.26. The van der Waals surface area contributed by atoms with E-state index in [0.717, 1.165) is 16.8 Å². The summed E-state index contributed by atoms with van der Waals surface area (Å²) in [5.41, 5.74) is 4.37. The van der Waals surface area contributed by atoms with E-state index < -0.39 is 5.24 Å². The van der Waals surface area contributed by atoms with E-state index in [2.05, 4.69) is 38.0 Å². The first-order valence-electron chi connectivity index (χ1n) is 8.48. The van der Waals surface area contributed by atoms with Gasteiger partial charge in [-0.15, -0.1) is 0 Å². The highest BCUT2D eigenvalue weighted by Crippen LogP contribution is 2.31. The Bertz CT molecular complexity index is 986. The summed E-state index contributed by atoms with van der Waals surface area (Å²) in [5, 5.41) is 5.12. The minimum atomic E-state index is -0.445. The average Bonchev–Trinajstić information content (AvgIpc) is 3.00. The Hall–Kier alpha value is -1.81. The maximum atomic E-state index is 11.5. The molecule has 3 rings (SSSR count). The van der Waals surface area contributed by atoms with Crippen molar-refractivity contribution in [3.05, 3.63) is 69.8 Å². The molecule has 0 amide bonds. The van der Waals surface area contributed by atoms with Crippen LogP contribution in [0.3, 0.4) is 0 Å². The molecule has 1 aromatic heterocycles. The van der Waals surface area contributed by atoms with E-state index in [1.165, 1.54) is 5.56 Å². The van der Waals surface area contributed by atoms with Crippen LogP contribution < -0.4 is 0 Å². The average molecular weight is 422 g/mol. The molecule has 140 valence electrons. The predicted octanol–water partition coefficient (Wildman–Crippen LogP) is 6.45. The van der Waals surface area contributed by atoms with Gasteiger partial charge in [0, 0.05) is 17.3 Å². The van der Waals surface area contributed by atoms with Gasteiger partial charge < -0.3 is 0 Å². The van der Waals surface area contributed by atoms with Crippen LogP contribution in [0.5, 0.6) is 0 Å². The highest BCUT2D eigenvalue weighted by Gasteiger charge is 2.17. The van der Waals surface area contributed by atoms with Crippen LogP contribution in [-0.4, -0.2) is 15.0 Å². The van der Waals surface area contributed by atoms with Crippen LogP contribution in [0, 0.1) is 0 Å². The summed E-state index contributed by atoms with van der Waals surface area (Å²) in [6, 6.07) is 13.5. The number of hydrogen-bond acceptors (Lipinski definition) is 2. The molecule has 6 heteroatoms. The molecule has 0 radical (unpaired) electrons. The van der Waals surface area contributed by atoms with Gasteiger partial charge in [-0.25, -0.2) is 4.68 Å². The molecule has 3 aromatic rings. The van der Waals surface area contributed by atoms with Crippen molar-refractivity contribution in [2.75, 3.05) is 0 Å². The topological polar surface area (TPSA) is 34.9 Å². The summed E-state index contributed by atoms with van der Waals surface area (Å²) in [6.45, 7) is 6.51. The Balaban J connectivity index is 2.06. The number of benzene rings is 2. The van der Waals surface area contributed by atoms with Crippen LogP contribution in [-0.2, 0) is 16.6 Å². The zero-order chi connectivity index (χ0) is 19.8. The molecule has 27 heavy (non-hydrogen) atoms. The van der Waals surface area contributed by atoms with Crippen LogP contribution >= 0.6 is 34.8 Å². The van der Waals surface area contributed by atoms with E-state index in [-0.39, 0.29) is 11.8 Å². The summed E-state index contributed by atoms with van der Waals surface area (Å²) < 4.78 is 1.75. The molecule has 0 saturated carbocycles. The molecule has 0 aliphatic heterocycles. The van der Waals surface area contributed by atoms with Crippen LogP contribution in [0.2, 0.25) is 10.0 Å². The largest absolute Gasteiger partial charge is 0.281 e. The fraction of sp³-hybridized carbons (Fsp3) is 0.238. The Morgan fingerprint density at radius 3 is 2.26 bits per heavy atom. The first-order valence-corrected chi connectivity index (χ1v) is 9.62. The maximum Gasteiger partial charge on any atom is 0.226 e. The Morgan fingerprint density at radius 1 is 1.04 bits per heavy atom. The van der Waals surface area contributed by atoms with E-state index in [1.54, 1.807) is 16.8 Å². The van der Waals surface area contributed by atoms with Crippen LogP contribution in [0.1, 0.15) is 31.9 Å². The molecule has 0 spiro atoms. The van der Waals surface area contributed by atoms with Crippen LogP contribution in [0.15, 0.2) is 48.7 Å². The van der Waals surface area contributed by atoms with Gasteiger partial charge in [0.15, 0.2) is 0 Å². The molecule has 0 fully saturated rings. The number of halogens is 3. The minimum Gasteiger partial charge on any atom is -0.281 e. The lowest BCUT2D eigenvalue weighted by Crippen LogP contribution is -2.10. The molecule has 0 saturated heterocycles. The lowest BCUT2D eigenvalue weighted by Gasteiger charge is -2.19. The van der Waals surface area contributed by atoms with Crippen LogP contribution in [0.4, 0.5) is 0 Å². The molecule has 3 nitrogen and oxygen atoms in total. The number of nitrogens with zero attached hydrogens (tertiary/aromatic N) is 2. The van der Waals surface area contributed by atoms with Gasteiger partial charge in [-0.1, -0.05) is 62.2 Å². The van der Waals surface area contributed by atoms with Crippen molar-refractivity contribution in [3.8, 4) is 16.9 Å². The number of rotatable bonds is 4. The monoisotopic (exact) mass is 420 g/mol. The number of carbonyl (C=O) groups is 1. The highest BCUT2D eigenvalue weighted by molar-refractivity contribution is 6.63. The van der Waals surface area contributed by atoms with Gasteiger partial charge in [-0.3, -0.25) is 4.79 Å². The lowest BCUT2D eigenvalue weighted by molar-refractivity contribution is -0.111. The fourth-order valence-electron chi connectivity index (χ4n) is 2.82. The molecule has 0 bridgehead atoms. The van der Waals surface area contributed by atoms with E-state index in [1.807, 2.05) is 24.4 Å². The standard InChI is InChI=1S/C21H19Cl3N2O/c1-21(2,3)15-5-7-16(8-6-15)26-12-14(11-19(24)27)20(25-26)13-4-9-17(22)18(23)10-13/h4-10,12H,11H2,1-3H3. The Kier molecular flexibility index (Phi) is 5.66. The third-order valence-corrected chi connectivity index (χ3v) is 5.18. The first kappa shape index (κ1) is 19.9. The highest BCUT2D eigenvalue weighted by atomic mass is 35.5. The summed E-state index contributed by atoms with van der Waals surface area (Å²) in [6.07, 6.45) is 1.90. The Morgan fingerprint density at radius 2 is 1.70 bits per heavy atom. The quantitative estimate of drug-likeness (QED) is 0.454. The minimum absolute atomic E-state index is 0.0735. The van der Waals surface area contributed by atoms with Gasteiger partial charge in [-0.2, -0.15) is 5.10 Å². The first-order chi connectivity index (χ1) is 12.6. The molecule has 0 N–H and O–H groups in total. The van der Waals surface area contributed by atoms with Gasteiger partial charge in [-0.05, 0) is 46.8 Å². The SMILES string of the molecule is CC(C)(C)c1ccc(-n2cc(CC(=O)Cl)c(-c3ccc(Cl)c(Cl)c3)n2)cc1. The molecule has 0 aliphatic rings. The maximum absolute atomic E-state index is 11.5. The normalized spacial score (nSPS) is 11.6. The van der Waals surface area contributed by atoms with Crippen molar-refractivity contribution in [1.29, 1.82) is 0 Å². The smallest absolute Gasteiger partial charge is 0.226 e. The van der Waals surface area contributed by atoms with Crippen molar-refractivity contribution in [3.63, 3.8) is 0 Å². The number of hydrogen-bond donors (Lipinski definition) is 0. The van der Waals surface area contributed by atoms with Gasteiger partial charge in [0.1, 0.15) is 0 Å². The van der Waals surface area contributed by atoms with Crippen molar-refractivity contribution < 1.29 is 4.79 Å². The zero-order valence-electron chi connectivity index (χ0n) is 15.3. The van der Waals surface area contributed by atoms with Crippen molar-refractivity contribution in [2.24, 2.45) is 0 Å². The van der Waals surface area contributed by atoms with Gasteiger partial charge in [0.05, 0.1) is 27.8 Å². The second-order valence-corrected chi connectivity index (χ2v) is 8.64. The van der Waals surface area contributed by atoms with Crippen molar-refractivity contribution in [2.45, 2.75) is 32.6 Å². The predicted molar refractivity (Wildman–Crippen MR) is 112 cm³/mol. The third-order valence-electron chi connectivity index (χ3n) is 4.31. The summed E-state index contributed by atoms with van der Waals surface area (Å²) in [4.78, 5) is 11.5. The summed E-state index contributed by atoms with van der Waals surface area (Å²) in [5.74, 6) is 0. The van der Waals surface area contributed by atoms with E-state index in [4.69, 9.17) is 34.8 Å². The molecule has 1 heterocycles. The van der Waals surface area contributed by atoms with E-state index in [9.17, 15) is 4.79 Å². The number of aromatic nitrogens is 2. The molecule has 0 unspecified atom stereocenters. The Labute approximate surface area is 173 Å². The van der Waals surface area contributed by atoms with E-state index in [0.29, 0.717) is 15.7 Å². The summed E-state index contributed by atoms with van der Waals surface area (Å²) >= 11 is 17.8. The lowest BCUT2D eigenvalue weighted by atomic mass is 9.87. The van der Waals surface area contributed by atoms with Crippen molar-refractivity contribution >= 4 is 40.0 Å². The third kappa shape index (κ3) is 4.55. The molecule has 0 aliphatic carbocycles. The molecular weight excluding hydrogens is 403 g/mol. The van der Waals surface area contributed by atoms with Gasteiger partial charge in [0.25, 0.3) is 0 Å². The molecular formula is C21H19Cl3N2O. The van der Waals surface area contributed by atoms with E-state index >= 15 is 0 Å². The van der Waals surface area contributed by atoms with Crippen molar-refractivity contribution in [1.82, 2.24) is 9.78 Å². The summed E-state index contributed by atoms with van der Waals surface area (Å²) in [7, 11) is 0. The van der Waals surface area contributed by atoms with Gasteiger partial charge in [0.2, 0.25) is 5.24 Å². The zero-order valence-corrected chi connectivity index (χ0v) is 17.5. The number of carbonyl (C=O) groups excluding carboxylic acids is 1. The second kappa shape index (κ2) is 7.67. The molecule has 0 atom stereocenters. The van der Waals surface area contributed by atoms with Gasteiger partial charge >= 0.3 is 0 Å². The molecule has 2 aromatic carbocycles. The second-order valence-electron chi connectivity index (χ2n) is 7.41. The van der Waals surface area contributed by atoms with Crippen LogP contribution in [0.25, 0.3) is 16.9 Å².